The number of rotatable bonds is 5. The van der Waals surface area contributed by atoms with Crippen molar-refractivity contribution in [3.05, 3.63) is 41.5 Å². The molecule has 1 aromatic heterocycles. The lowest BCUT2D eigenvalue weighted by Gasteiger charge is -2.48. The fourth-order valence-electron chi connectivity index (χ4n) is 3.83. The first-order chi connectivity index (χ1) is 12.5. The molecule has 1 saturated heterocycles. The van der Waals surface area contributed by atoms with Gasteiger partial charge >= 0.3 is 0 Å². The molecule has 0 N–H and O–H groups in total. The van der Waals surface area contributed by atoms with E-state index in [1.165, 1.54) is 0 Å². The Morgan fingerprint density at radius 1 is 1.31 bits per heavy atom. The summed E-state index contributed by atoms with van der Waals surface area (Å²) in [4.78, 5) is 33.4. The quantitative estimate of drug-likeness (QED) is 0.811. The SMILES string of the molecule is COCc1noc(CCN2C(=O)c3ccccc3N3C(=O)CC[C@@]23C)n1. The minimum Gasteiger partial charge on any atom is -0.377 e. The van der Waals surface area contributed by atoms with E-state index in [1.807, 2.05) is 25.1 Å². The average molecular weight is 356 g/mol. The molecule has 0 radical (unpaired) electrons. The van der Waals surface area contributed by atoms with Gasteiger partial charge in [-0.2, -0.15) is 4.98 Å². The van der Waals surface area contributed by atoms with Crippen LogP contribution in [0.3, 0.4) is 0 Å². The second kappa shape index (κ2) is 6.21. The van der Waals surface area contributed by atoms with E-state index in [0.29, 0.717) is 48.8 Å². The molecule has 2 aliphatic heterocycles. The van der Waals surface area contributed by atoms with Crippen molar-refractivity contribution in [1.82, 2.24) is 15.0 Å². The number of benzene rings is 1. The maximum absolute atomic E-state index is 13.1. The van der Waals surface area contributed by atoms with Crippen LogP contribution in [0, 0.1) is 0 Å². The molecule has 136 valence electrons. The number of anilines is 1. The van der Waals surface area contributed by atoms with E-state index < -0.39 is 5.66 Å². The molecule has 1 atom stereocenters. The number of para-hydroxylation sites is 1. The van der Waals surface area contributed by atoms with Crippen LogP contribution in [0.15, 0.2) is 28.8 Å². The number of amides is 2. The minimum absolute atomic E-state index is 0.0395. The maximum atomic E-state index is 13.1. The first kappa shape index (κ1) is 16.7. The third-order valence-corrected chi connectivity index (χ3v) is 5.08. The summed E-state index contributed by atoms with van der Waals surface area (Å²) in [7, 11) is 1.56. The highest BCUT2D eigenvalue weighted by molar-refractivity contribution is 6.10. The largest absolute Gasteiger partial charge is 0.377 e. The molecule has 2 amide bonds. The monoisotopic (exact) mass is 356 g/mol. The van der Waals surface area contributed by atoms with Crippen LogP contribution in [-0.2, 0) is 22.6 Å². The molecule has 0 aliphatic carbocycles. The molecule has 0 unspecified atom stereocenters. The molecule has 1 aromatic carbocycles. The molecular formula is C18H20N4O4. The van der Waals surface area contributed by atoms with Crippen molar-refractivity contribution >= 4 is 17.5 Å². The Balaban J connectivity index is 1.62. The Labute approximate surface area is 150 Å². The van der Waals surface area contributed by atoms with E-state index in [9.17, 15) is 9.59 Å². The molecular weight excluding hydrogens is 336 g/mol. The fourth-order valence-corrected chi connectivity index (χ4v) is 3.83. The summed E-state index contributed by atoms with van der Waals surface area (Å²) in [6.45, 7) is 2.61. The number of carbonyl (C=O) groups excluding carboxylic acids is 2. The van der Waals surface area contributed by atoms with Crippen molar-refractivity contribution in [2.24, 2.45) is 0 Å². The van der Waals surface area contributed by atoms with E-state index in [1.54, 1.807) is 23.0 Å². The maximum Gasteiger partial charge on any atom is 0.257 e. The molecule has 26 heavy (non-hydrogen) atoms. The fraction of sp³-hybridized carbons (Fsp3) is 0.444. The van der Waals surface area contributed by atoms with Gasteiger partial charge in [-0.05, 0) is 25.5 Å². The number of carbonyl (C=O) groups is 2. The van der Waals surface area contributed by atoms with Gasteiger partial charge in [0.05, 0.1) is 11.3 Å². The number of aromatic nitrogens is 2. The number of hydrogen-bond donors (Lipinski definition) is 0. The van der Waals surface area contributed by atoms with Gasteiger partial charge in [-0.25, -0.2) is 0 Å². The highest BCUT2D eigenvalue weighted by atomic mass is 16.5. The van der Waals surface area contributed by atoms with Gasteiger partial charge in [0.15, 0.2) is 5.82 Å². The van der Waals surface area contributed by atoms with Gasteiger partial charge in [0.2, 0.25) is 11.8 Å². The first-order valence-corrected chi connectivity index (χ1v) is 8.59. The van der Waals surface area contributed by atoms with Gasteiger partial charge in [0.1, 0.15) is 12.3 Å². The zero-order chi connectivity index (χ0) is 18.3. The van der Waals surface area contributed by atoms with Crippen molar-refractivity contribution in [3.8, 4) is 0 Å². The molecule has 8 heteroatoms. The number of fused-ring (bicyclic) bond motifs is 3. The van der Waals surface area contributed by atoms with Gasteiger partial charge in [-0.15, -0.1) is 0 Å². The van der Waals surface area contributed by atoms with Crippen LogP contribution in [0.4, 0.5) is 5.69 Å². The van der Waals surface area contributed by atoms with Crippen LogP contribution in [0.5, 0.6) is 0 Å². The van der Waals surface area contributed by atoms with Gasteiger partial charge < -0.3 is 14.2 Å². The molecule has 4 rings (SSSR count). The Kier molecular flexibility index (Phi) is 3.99. The van der Waals surface area contributed by atoms with Crippen LogP contribution in [0.25, 0.3) is 0 Å². The highest BCUT2D eigenvalue weighted by Gasteiger charge is 2.52. The number of methoxy groups -OCH3 is 1. The average Bonchev–Trinajstić information content (AvgIpc) is 3.20. The summed E-state index contributed by atoms with van der Waals surface area (Å²) < 4.78 is 10.2. The summed E-state index contributed by atoms with van der Waals surface area (Å²) in [6.07, 6.45) is 1.44. The van der Waals surface area contributed by atoms with Gasteiger partial charge in [0.25, 0.3) is 5.91 Å². The van der Waals surface area contributed by atoms with E-state index >= 15 is 0 Å². The highest BCUT2D eigenvalue weighted by Crippen LogP contribution is 2.43. The number of ether oxygens (including phenoxy) is 1. The molecule has 0 spiro atoms. The van der Waals surface area contributed by atoms with Gasteiger partial charge in [-0.1, -0.05) is 17.3 Å². The minimum atomic E-state index is -0.669. The lowest BCUT2D eigenvalue weighted by atomic mass is 9.98. The summed E-state index contributed by atoms with van der Waals surface area (Å²) in [6, 6.07) is 7.26. The molecule has 2 aliphatic rings. The van der Waals surface area contributed by atoms with Gasteiger partial charge in [0, 0.05) is 26.5 Å². The van der Waals surface area contributed by atoms with Crippen LogP contribution in [0.1, 0.15) is 41.8 Å². The third-order valence-electron chi connectivity index (χ3n) is 5.08. The normalized spacial score (nSPS) is 21.9. The van der Waals surface area contributed by atoms with Crippen LogP contribution >= 0.6 is 0 Å². The first-order valence-electron chi connectivity index (χ1n) is 8.59. The van der Waals surface area contributed by atoms with E-state index in [0.717, 1.165) is 0 Å². The second-order valence-corrected chi connectivity index (χ2v) is 6.71. The summed E-state index contributed by atoms with van der Waals surface area (Å²) in [5.74, 6) is 0.883. The van der Waals surface area contributed by atoms with Crippen LogP contribution in [-0.4, -0.2) is 46.2 Å². The smallest absolute Gasteiger partial charge is 0.257 e. The molecule has 3 heterocycles. The lowest BCUT2D eigenvalue weighted by molar-refractivity contribution is -0.117. The summed E-state index contributed by atoms with van der Waals surface area (Å²) >= 11 is 0. The van der Waals surface area contributed by atoms with E-state index in [-0.39, 0.29) is 18.4 Å². The van der Waals surface area contributed by atoms with Crippen molar-refractivity contribution in [2.75, 3.05) is 18.6 Å². The predicted molar refractivity (Wildman–Crippen MR) is 91.3 cm³/mol. The molecule has 8 nitrogen and oxygen atoms in total. The van der Waals surface area contributed by atoms with Crippen LogP contribution in [0.2, 0.25) is 0 Å². The van der Waals surface area contributed by atoms with Gasteiger partial charge in [-0.3, -0.25) is 14.5 Å². The Bertz CT molecular complexity index is 864. The standard InChI is InChI=1S/C18H20N4O4/c1-18-9-7-16(23)22(18)13-6-4-3-5-12(13)17(24)21(18)10-8-15-19-14(11-25-2)20-26-15/h3-6H,7-11H2,1-2H3/t18-/m0/s1. The second-order valence-electron chi connectivity index (χ2n) is 6.71. The number of nitrogens with zero attached hydrogens (tertiary/aromatic N) is 4. The zero-order valence-electron chi connectivity index (χ0n) is 14.8. The van der Waals surface area contributed by atoms with E-state index in [4.69, 9.17) is 9.26 Å². The van der Waals surface area contributed by atoms with Crippen LogP contribution < -0.4 is 4.90 Å². The Morgan fingerprint density at radius 3 is 2.92 bits per heavy atom. The Hall–Kier alpha value is -2.74. The van der Waals surface area contributed by atoms with Crippen molar-refractivity contribution in [1.29, 1.82) is 0 Å². The van der Waals surface area contributed by atoms with Crippen molar-refractivity contribution in [2.45, 2.75) is 38.5 Å². The summed E-state index contributed by atoms with van der Waals surface area (Å²) in [5.41, 5.74) is 0.572. The summed E-state index contributed by atoms with van der Waals surface area (Å²) in [5, 5.41) is 3.84. The number of hydrogen-bond acceptors (Lipinski definition) is 6. The zero-order valence-corrected chi connectivity index (χ0v) is 14.8. The Morgan fingerprint density at radius 2 is 2.12 bits per heavy atom. The lowest BCUT2D eigenvalue weighted by Crippen LogP contribution is -2.62. The molecule has 2 aromatic rings. The van der Waals surface area contributed by atoms with Crippen molar-refractivity contribution in [3.63, 3.8) is 0 Å². The topological polar surface area (TPSA) is 88.8 Å². The van der Waals surface area contributed by atoms with E-state index in [2.05, 4.69) is 10.1 Å². The molecule has 0 saturated carbocycles. The third kappa shape index (κ3) is 2.48. The molecule has 0 bridgehead atoms. The van der Waals surface area contributed by atoms with Crippen molar-refractivity contribution < 1.29 is 18.8 Å². The predicted octanol–water partition coefficient (Wildman–Crippen LogP) is 1.76. The molecule has 1 fully saturated rings.